The second-order valence-corrected chi connectivity index (χ2v) is 7.89. The van der Waals surface area contributed by atoms with Gasteiger partial charge >= 0.3 is 0 Å². The van der Waals surface area contributed by atoms with Crippen molar-refractivity contribution >= 4 is 34.8 Å². The third-order valence-electron chi connectivity index (χ3n) is 4.89. The summed E-state index contributed by atoms with van der Waals surface area (Å²) in [7, 11) is 1.57. The van der Waals surface area contributed by atoms with Crippen LogP contribution in [0.5, 0.6) is 11.5 Å². The highest BCUT2D eigenvalue weighted by molar-refractivity contribution is 6.30. The molecule has 1 atom stereocenters. The van der Waals surface area contributed by atoms with Gasteiger partial charge in [0, 0.05) is 23.0 Å². The molecule has 0 aliphatic carbocycles. The van der Waals surface area contributed by atoms with Gasteiger partial charge in [0.05, 0.1) is 36.5 Å². The van der Waals surface area contributed by atoms with Crippen molar-refractivity contribution < 1.29 is 14.3 Å². The van der Waals surface area contributed by atoms with Crippen molar-refractivity contribution in [3.63, 3.8) is 0 Å². The lowest BCUT2D eigenvalue weighted by atomic mass is 10.1. The van der Waals surface area contributed by atoms with E-state index in [4.69, 9.17) is 32.7 Å². The molecule has 1 heterocycles. The van der Waals surface area contributed by atoms with Gasteiger partial charge in [-0.1, -0.05) is 31.9 Å². The number of ether oxygens (including phenoxy) is 2. The van der Waals surface area contributed by atoms with Gasteiger partial charge in [-0.3, -0.25) is 4.79 Å². The maximum atomic E-state index is 12.9. The van der Waals surface area contributed by atoms with E-state index in [0.29, 0.717) is 46.0 Å². The fourth-order valence-electron chi connectivity index (χ4n) is 2.84. The number of anilines is 1. The lowest BCUT2D eigenvalue weighted by Gasteiger charge is -2.15. The van der Waals surface area contributed by atoms with Crippen LogP contribution in [-0.2, 0) is 5.88 Å². The Labute approximate surface area is 192 Å². The number of carbonyl (C=O) groups is 1. The number of amides is 1. The summed E-state index contributed by atoms with van der Waals surface area (Å²) in [6.07, 6.45) is 2.68. The first-order chi connectivity index (χ1) is 14.9. The van der Waals surface area contributed by atoms with Crippen molar-refractivity contribution in [2.24, 2.45) is 5.92 Å². The summed E-state index contributed by atoms with van der Waals surface area (Å²) >= 11 is 12.0. The molecule has 1 amide bonds. The van der Waals surface area contributed by atoms with Crippen molar-refractivity contribution in [3.8, 4) is 17.2 Å². The SMILES string of the molecule is CCC(C)COc1ccc(NC(=O)c2cn(-c3ccc(Cl)cc3)nc2CCl)cc1OC. The predicted octanol–water partition coefficient (Wildman–Crippen LogP) is 5.95. The third kappa shape index (κ3) is 5.71. The molecule has 0 spiro atoms. The number of carbonyl (C=O) groups excluding carboxylic acids is 1. The monoisotopic (exact) mass is 461 g/mol. The van der Waals surface area contributed by atoms with Crippen molar-refractivity contribution in [2.45, 2.75) is 26.1 Å². The first-order valence-electron chi connectivity index (χ1n) is 9.97. The second kappa shape index (κ2) is 10.6. The number of hydrogen-bond donors (Lipinski definition) is 1. The predicted molar refractivity (Wildman–Crippen MR) is 124 cm³/mol. The molecule has 3 aromatic rings. The highest BCUT2D eigenvalue weighted by Gasteiger charge is 2.18. The van der Waals surface area contributed by atoms with E-state index in [1.165, 1.54) is 0 Å². The summed E-state index contributed by atoms with van der Waals surface area (Å²) in [5.74, 6) is 1.42. The minimum absolute atomic E-state index is 0.106. The van der Waals surface area contributed by atoms with Crippen LogP contribution in [0.3, 0.4) is 0 Å². The molecule has 1 unspecified atom stereocenters. The largest absolute Gasteiger partial charge is 0.493 e. The summed E-state index contributed by atoms with van der Waals surface area (Å²) in [6.45, 7) is 4.84. The number of rotatable bonds is 9. The standard InChI is InChI=1S/C23H25Cl2N3O3/c1-4-15(2)14-31-21-10-7-17(11-22(21)30-3)26-23(29)19-13-28(27-20(19)12-24)18-8-5-16(25)6-9-18/h5-11,13,15H,4,12,14H2,1-3H3,(H,26,29). The molecule has 31 heavy (non-hydrogen) atoms. The smallest absolute Gasteiger partial charge is 0.259 e. The molecule has 0 radical (unpaired) electrons. The van der Waals surface area contributed by atoms with Crippen LogP contribution in [0.15, 0.2) is 48.7 Å². The van der Waals surface area contributed by atoms with E-state index in [-0.39, 0.29) is 11.8 Å². The Hall–Kier alpha value is -2.70. The van der Waals surface area contributed by atoms with E-state index in [1.807, 2.05) is 12.1 Å². The van der Waals surface area contributed by atoms with Crippen LogP contribution in [-0.4, -0.2) is 29.4 Å². The topological polar surface area (TPSA) is 65.4 Å². The quantitative estimate of drug-likeness (QED) is 0.399. The van der Waals surface area contributed by atoms with E-state index < -0.39 is 0 Å². The van der Waals surface area contributed by atoms with Crippen LogP contribution >= 0.6 is 23.2 Å². The highest BCUT2D eigenvalue weighted by Crippen LogP contribution is 2.31. The number of aromatic nitrogens is 2. The number of methoxy groups -OCH3 is 1. The summed E-state index contributed by atoms with van der Waals surface area (Å²) in [6, 6.07) is 12.4. The van der Waals surface area contributed by atoms with Gasteiger partial charge in [0.15, 0.2) is 11.5 Å². The number of hydrogen-bond acceptors (Lipinski definition) is 4. The average molecular weight is 462 g/mol. The fourth-order valence-corrected chi connectivity index (χ4v) is 3.16. The van der Waals surface area contributed by atoms with E-state index in [2.05, 4.69) is 24.3 Å². The number of alkyl halides is 1. The molecule has 0 fully saturated rings. The Bertz CT molecular complexity index is 1040. The summed E-state index contributed by atoms with van der Waals surface area (Å²) in [5, 5.41) is 7.92. The second-order valence-electron chi connectivity index (χ2n) is 7.19. The van der Waals surface area contributed by atoms with Gasteiger partial charge in [0.2, 0.25) is 0 Å². The molecular formula is C23H25Cl2N3O3. The molecule has 0 aliphatic rings. The van der Waals surface area contributed by atoms with Gasteiger partial charge in [-0.25, -0.2) is 4.68 Å². The van der Waals surface area contributed by atoms with E-state index in [9.17, 15) is 4.79 Å². The third-order valence-corrected chi connectivity index (χ3v) is 5.40. The highest BCUT2D eigenvalue weighted by atomic mass is 35.5. The number of nitrogens with zero attached hydrogens (tertiary/aromatic N) is 2. The Balaban J connectivity index is 1.78. The fraction of sp³-hybridized carbons (Fsp3) is 0.304. The molecule has 8 heteroatoms. The van der Waals surface area contributed by atoms with Gasteiger partial charge in [0.25, 0.3) is 5.91 Å². The van der Waals surface area contributed by atoms with Crippen LogP contribution < -0.4 is 14.8 Å². The molecule has 3 rings (SSSR count). The van der Waals surface area contributed by atoms with Crippen LogP contribution in [0.4, 0.5) is 5.69 Å². The van der Waals surface area contributed by atoms with Gasteiger partial charge in [0.1, 0.15) is 0 Å². The molecule has 1 aromatic heterocycles. The van der Waals surface area contributed by atoms with Crippen molar-refractivity contribution in [3.05, 3.63) is 64.9 Å². The van der Waals surface area contributed by atoms with Gasteiger partial charge in [-0.15, -0.1) is 11.6 Å². The molecule has 6 nitrogen and oxygen atoms in total. The summed E-state index contributed by atoms with van der Waals surface area (Å²) < 4.78 is 12.9. The summed E-state index contributed by atoms with van der Waals surface area (Å²) in [5.41, 5.74) is 2.23. The van der Waals surface area contributed by atoms with Crippen molar-refractivity contribution in [1.29, 1.82) is 0 Å². The molecule has 0 saturated carbocycles. The number of benzene rings is 2. The molecule has 0 bridgehead atoms. The molecule has 0 saturated heterocycles. The average Bonchev–Trinajstić information content (AvgIpc) is 3.23. The number of nitrogens with one attached hydrogen (secondary N) is 1. The first-order valence-corrected chi connectivity index (χ1v) is 10.9. The molecule has 1 N–H and O–H groups in total. The minimum atomic E-state index is -0.314. The van der Waals surface area contributed by atoms with E-state index in [1.54, 1.807) is 48.3 Å². The Morgan fingerprint density at radius 2 is 1.94 bits per heavy atom. The zero-order valence-electron chi connectivity index (χ0n) is 17.7. The first kappa shape index (κ1) is 23.0. The van der Waals surface area contributed by atoms with Gasteiger partial charge in [-0.05, 0) is 42.3 Å². The molecule has 164 valence electrons. The van der Waals surface area contributed by atoms with Crippen LogP contribution in [0.1, 0.15) is 36.3 Å². The Kier molecular flexibility index (Phi) is 7.82. The van der Waals surface area contributed by atoms with Crippen LogP contribution in [0.25, 0.3) is 5.69 Å². The number of halogens is 2. The molecule has 2 aromatic carbocycles. The zero-order valence-corrected chi connectivity index (χ0v) is 19.2. The molecular weight excluding hydrogens is 437 g/mol. The van der Waals surface area contributed by atoms with Crippen molar-refractivity contribution in [1.82, 2.24) is 9.78 Å². The Morgan fingerprint density at radius 1 is 1.19 bits per heavy atom. The molecule has 0 aliphatic heterocycles. The van der Waals surface area contributed by atoms with Crippen LogP contribution in [0, 0.1) is 5.92 Å². The Morgan fingerprint density at radius 3 is 2.58 bits per heavy atom. The van der Waals surface area contributed by atoms with Gasteiger partial charge in [-0.2, -0.15) is 5.10 Å². The normalized spacial score (nSPS) is 11.8. The maximum Gasteiger partial charge on any atom is 0.259 e. The zero-order chi connectivity index (χ0) is 22.4. The lowest BCUT2D eigenvalue weighted by molar-refractivity contribution is 0.102. The van der Waals surface area contributed by atoms with E-state index >= 15 is 0 Å². The maximum absolute atomic E-state index is 12.9. The minimum Gasteiger partial charge on any atom is -0.493 e. The van der Waals surface area contributed by atoms with E-state index in [0.717, 1.165) is 12.1 Å². The lowest BCUT2D eigenvalue weighted by Crippen LogP contribution is -2.13. The summed E-state index contributed by atoms with van der Waals surface area (Å²) in [4.78, 5) is 12.9. The van der Waals surface area contributed by atoms with Crippen molar-refractivity contribution in [2.75, 3.05) is 19.0 Å². The van der Waals surface area contributed by atoms with Gasteiger partial charge < -0.3 is 14.8 Å². The van der Waals surface area contributed by atoms with Crippen LogP contribution in [0.2, 0.25) is 5.02 Å².